The van der Waals surface area contributed by atoms with E-state index in [9.17, 15) is 9.59 Å². The van der Waals surface area contributed by atoms with Crippen molar-refractivity contribution in [3.05, 3.63) is 35.9 Å². The smallest absolute Gasteiger partial charge is 0.222 e. The monoisotopic (exact) mass is 233 g/mol. The van der Waals surface area contributed by atoms with Gasteiger partial charge in [0.05, 0.1) is 0 Å². The number of ketones is 1. The highest BCUT2D eigenvalue weighted by Crippen LogP contribution is 2.14. The molecule has 0 saturated heterocycles. The maximum absolute atomic E-state index is 12.0. The van der Waals surface area contributed by atoms with E-state index in [-0.39, 0.29) is 17.6 Å². The molecule has 0 heterocycles. The first-order valence-electron chi connectivity index (χ1n) is 5.81. The average Bonchev–Trinajstić information content (AvgIpc) is 2.35. The molecule has 0 bridgehead atoms. The van der Waals surface area contributed by atoms with E-state index >= 15 is 0 Å². The van der Waals surface area contributed by atoms with Gasteiger partial charge in [0.1, 0.15) is 0 Å². The molecule has 0 aliphatic carbocycles. The zero-order chi connectivity index (χ0) is 12.8. The number of nitrogens with zero attached hydrogens (tertiary/aromatic N) is 1. The fourth-order valence-electron chi connectivity index (χ4n) is 1.58. The predicted molar refractivity (Wildman–Crippen MR) is 67.9 cm³/mol. The molecule has 92 valence electrons. The summed E-state index contributed by atoms with van der Waals surface area (Å²) in [6, 6.07) is 9.21. The molecule has 0 aliphatic heterocycles. The van der Waals surface area contributed by atoms with Crippen LogP contribution in [0.5, 0.6) is 0 Å². The van der Waals surface area contributed by atoms with Gasteiger partial charge in [-0.2, -0.15) is 0 Å². The minimum absolute atomic E-state index is 0.0673. The zero-order valence-electron chi connectivity index (χ0n) is 10.6. The van der Waals surface area contributed by atoms with Gasteiger partial charge in [0.25, 0.3) is 0 Å². The molecule has 1 rings (SSSR count). The molecule has 0 saturated carbocycles. The minimum atomic E-state index is -0.110. The minimum Gasteiger partial charge on any atom is -0.349 e. The van der Waals surface area contributed by atoms with Crippen molar-refractivity contribution in [2.24, 2.45) is 5.92 Å². The van der Waals surface area contributed by atoms with Gasteiger partial charge in [0.15, 0.2) is 5.78 Å². The van der Waals surface area contributed by atoms with E-state index in [4.69, 9.17) is 0 Å². The molecule has 1 aromatic rings. The number of hydrogen-bond acceptors (Lipinski definition) is 2. The molecule has 0 N–H and O–H groups in total. The number of carbonyl (C=O) groups excluding carboxylic acids is 2. The molecule has 0 unspecified atom stereocenters. The Kier molecular flexibility index (Phi) is 4.88. The lowest BCUT2D eigenvalue weighted by molar-refractivity contribution is -0.128. The van der Waals surface area contributed by atoms with Gasteiger partial charge in [-0.25, -0.2) is 0 Å². The van der Waals surface area contributed by atoms with E-state index in [1.807, 2.05) is 37.3 Å². The quantitative estimate of drug-likeness (QED) is 0.732. The van der Waals surface area contributed by atoms with Crippen LogP contribution in [0.2, 0.25) is 0 Å². The highest BCUT2D eigenvalue weighted by Gasteiger charge is 2.16. The van der Waals surface area contributed by atoms with Crippen molar-refractivity contribution < 1.29 is 9.59 Å². The standard InChI is InChI=1S/C14H19NO2/c1-11(9-10-13(16)15(2)3)14(17)12-7-5-4-6-8-12/h4-8,11H,9-10H2,1-3H3/t11-/m1/s1. The Bertz CT molecular complexity index is 384. The number of amides is 1. The van der Waals surface area contributed by atoms with Gasteiger partial charge in [-0.3, -0.25) is 9.59 Å². The maximum Gasteiger partial charge on any atom is 0.222 e. The molecule has 1 amide bonds. The molecule has 1 aromatic carbocycles. The zero-order valence-corrected chi connectivity index (χ0v) is 10.6. The molecule has 0 radical (unpaired) electrons. The first-order chi connectivity index (χ1) is 8.02. The third-order valence-electron chi connectivity index (χ3n) is 2.80. The van der Waals surface area contributed by atoms with E-state index in [2.05, 4.69) is 0 Å². The third kappa shape index (κ3) is 4.02. The Morgan fingerprint density at radius 2 is 1.76 bits per heavy atom. The van der Waals surface area contributed by atoms with Gasteiger partial charge in [-0.1, -0.05) is 37.3 Å². The largest absolute Gasteiger partial charge is 0.349 e. The summed E-state index contributed by atoms with van der Waals surface area (Å²) in [5, 5.41) is 0. The van der Waals surface area contributed by atoms with Crippen LogP contribution in [0.1, 0.15) is 30.1 Å². The molecular formula is C14H19NO2. The fraction of sp³-hybridized carbons (Fsp3) is 0.429. The molecule has 0 aliphatic rings. The number of carbonyl (C=O) groups is 2. The van der Waals surface area contributed by atoms with Gasteiger partial charge >= 0.3 is 0 Å². The second-order valence-electron chi connectivity index (χ2n) is 4.46. The summed E-state index contributed by atoms with van der Waals surface area (Å²) >= 11 is 0. The SMILES string of the molecule is C[C@H](CCC(=O)N(C)C)C(=O)c1ccccc1. The fourth-order valence-corrected chi connectivity index (χ4v) is 1.58. The summed E-state index contributed by atoms with van der Waals surface area (Å²) in [5.41, 5.74) is 0.720. The topological polar surface area (TPSA) is 37.4 Å². The summed E-state index contributed by atoms with van der Waals surface area (Å²) < 4.78 is 0. The van der Waals surface area contributed by atoms with Gasteiger partial charge in [0, 0.05) is 32.0 Å². The summed E-state index contributed by atoms with van der Waals surface area (Å²) in [7, 11) is 3.46. The Balaban J connectivity index is 2.51. The maximum atomic E-state index is 12.0. The number of benzene rings is 1. The molecule has 0 spiro atoms. The molecular weight excluding hydrogens is 214 g/mol. The van der Waals surface area contributed by atoms with Crippen LogP contribution >= 0.6 is 0 Å². The van der Waals surface area contributed by atoms with Crippen molar-refractivity contribution in [2.75, 3.05) is 14.1 Å². The van der Waals surface area contributed by atoms with E-state index < -0.39 is 0 Å². The van der Waals surface area contributed by atoms with Gasteiger partial charge in [-0.15, -0.1) is 0 Å². The van der Waals surface area contributed by atoms with E-state index in [1.54, 1.807) is 19.0 Å². The summed E-state index contributed by atoms with van der Waals surface area (Å²) in [5.74, 6) is 0.0659. The average molecular weight is 233 g/mol. The number of hydrogen-bond donors (Lipinski definition) is 0. The van der Waals surface area contributed by atoms with Crippen LogP contribution in [0, 0.1) is 5.92 Å². The summed E-state index contributed by atoms with van der Waals surface area (Å²) in [6.07, 6.45) is 1.03. The van der Waals surface area contributed by atoms with Crippen LogP contribution in [0.15, 0.2) is 30.3 Å². The first-order valence-corrected chi connectivity index (χ1v) is 5.81. The van der Waals surface area contributed by atoms with Gasteiger partial charge in [-0.05, 0) is 6.42 Å². The van der Waals surface area contributed by atoms with Crippen molar-refractivity contribution in [3.8, 4) is 0 Å². The third-order valence-corrected chi connectivity index (χ3v) is 2.80. The lowest BCUT2D eigenvalue weighted by atomic mass is 9.95. The highest BCUT2D eigenvalue weighted by molar-refractivity contribution is 5.97. The lowest BCUT2D eigenvalue weighted by Crippen LogP contribution is -2.23. The van der Waals surface area contributed by atoms with Crippen LogP contribution in [0.4, 0.5) is 0 Å². The van der Waals surface area contributed by atoms with Crippen molar-refractivity contribution in [1.29, 1.82) is 0 Å². The van der Waals surface area contributed by atoms with Crippen molar-refractivity contribution in [3.63, 3.8) is 0 Å². The van der Waals surface area contributed by atoms with Gasteiger partial charge in [0.2, 0.25) is 5.91 Å². The number of Topliss-reactive ketones (excluding diaryl/α,β-unsaturated/α-hetero) is 1. The van der Waals surface area contributed by atoms with Gasteiger partial charge < -0.3 is 4.90 Å². The summed E-state index contributed by atoms with van der Waals surface area (Å²) in [4.78, 5) is 25.0. The Morgan fingerprint density at radius 1 is 1.18 bits per heavy atom. The number of rotatable bonds is 5. The molecule has 3 heteroatoms. The lowest BCUT2D eigenvalue weighted by Gasteiger charge is -2.13. The Morgan fingerprint density at radius 3 is 2.29 bits per heavy atom. The first kappa shape index (κ1) is 13.4. The molecule has 17 heavy (non-hydrogen) atoms. The van der Waals surface area contributed by atoms with E-state index in [0.717, 1.165) is 5.56 Å². The predicted octanol–water partition coefficient (Wildman–Crippen LogP) is 2.37. The molecule has 1 atom stereocenters. The Hall–Kier alpha value is -1.64. The normalized spacial score (nSPS) is 11.9. The molecule has 0 fully saturated rings. The van der Waals surface area contributed by atoms with Crippen LogP contribution < -0.4 is 0 Å². The highest BCUT2D eigenvalue weighted by atomic mass is 16.2. The van der Waals surface area contributed by atoms with E-state index in [0.29, 0.717) is 12.8 Å². The van der Waals surface area contributed by atoms with Crippen LogP contribution in [-0.4, -0.2) is 30.7 Å². The van der Waals surface area contributed by atoms with Crippen LogP contribution in [0.3, 0.4) is 0 Å². The van der Waals surface area contributed by atoms with Crippen LogP contribution in [0.25, 0.3) is 0 Å². The van der Waals surface area contributed by atoms with Crippen molar-refractivity contribution in [2.45, 2.75) is 19.8 Å². The Labute approximate surface area is 102 Å². The van der Waals surface area contributed by atoms with Crippen molar-refractivity contribution in [1.82, 2.24) is 4.90 Å². The summed E-state index contributed by atoms with van der Waals surface area (Å²) in [6.45, 7) is 1.87. The van der Waals surface area contributed by atoms with Crippen LogP contribution in [-0.2, 0) is 4.79 Å². The second-order valence-corrected chi connectivity index (χ2v) is 4.46. The van der Waals surface area contributed by atoms with Crippen molar-refractivity contribution >= 4 is 11.7 Å². The van der Waals surface area contributed by atoms with E-state index in [1.165, 1.54) is 0 Å². The molecule has 3 nitrogen and oxygen atoms in total. The molecule has 0 aromatic heterocycles. The second kappa shape index (κ2) is 6.18.